The first-order chi connectivity index (χ1) is 20.5. The fourth-order valence-electron chi connectivity index (χ4n) is 7.84. The lowest BCUT2D eigenvalue weighted by atomic mass is 9.95. The van der Waals surface area contributed by atoms with Crippen LogP contribution in [-0.2, 0) is 0 Å². The lowest BCUT2D eigenvalue weighted by Gasteiger charge is -2.34. The first-order valence-corrected chi connectivity index (χ1v) is 14.9. The third-order valence-electron chi connectivity index (χ3n) is 9.78. The number of nitrogens with zero attached hydrogens (tertiary/aromatic N) is 6. The number of pyridine rings is 1. The third kappa shape index (κ3) is 4.06. The highest BCUT2D eigenvalue weighted by molar-refractivity contribution is 6.02. The summed E-state index contributed by atoms with van der Waals surface area (Å²) < 4.78 is 23.0. The zero-order valence-electron chi connectivity index (χ0n) is 23.3. The van der Waals surface area contributed by atoms with E-state index in [2.05, 4.69) is 31.2 Å². The summed E-state index contributed by atoms with van der Waals surface area (Å²) in [7, 11) is 0. The van der Waals surface area contributed by atoms with Crippen LogP contribution in [0.5, 0.6) is 11.8 Å². The number of benzene rings is 2. The van der Waals surface area contributed by atoms with Gasteiger partial charge in [0.25, 0.3) is 0 Å². The van der Waals surface area contributed by atoms with Crippen molar-refractivity contribution in [3.63, 3.8) is 0 Å². The van der Waals surface area contributed by atoms with Crippen LogP contribution in [-0.4, -0.2) is 75.4 Å². The average Bonchev–Trinajstić information content (AvgIpc) is 3.68. The van der Waals surface area contributed by atoms with Gasteiger partial charge in [-0.25, -0.2) is 4.39 Å². The number of hydrogen-bond donors (Lipinski definition) is 2. The molecule has 0 amide bonds. The quantitative estimate of drug-likeness (QED) is 0.361. The van der Waals surface area contributed by atoms with Gasteiger partial charge >= 0.3 is 6.01 Å². The fourth-order valence-corrected chi connectivity index (χ4v) is 7.84. The zero-order valence-corrected chi connectivity index (χ0v) is 23.3. The van der Waals surface area contributed by atoms with E-state index in [9.17, 15) is 10.4 Å². The molecule has 9 nitrogen and oxygen atoms in total. The van der Waals surface area contributed by atoms with Gasteiger partial charge in [-0.1, -0.05) is 12.1 Å². The molecule has 0 radical (unpaired) electrons. The Balaban J connectivity index is 1.27. The van der Waals surface area contributed by atoms with Crippen molar-refractivity contribution in [1.29, 1.82) is 5.26 Å². The number of halogens is 1. The van der Waals surface area contributed by atoms with Gasteiger partial charge in [0.15, 0.2) is 5.82 Å². The van der Waals surface area contributed by atoms with Crippen LogP contribution in [0.25, 0.3) is 32.9 Å². The monoisotopic (exact) mass is 565 g/mol. The van der Waals surface area contributed by atoms with Gasteiger partial charge in [0.1, 0.15) is 29.4 Å². The largest absolute Gasteiger partial charge is 0.508 e. The van der Waals surface area contributed by atoms with E-state index in [1.165, 1.54) is 6.07 Å². The molecule has 4 aliphatic heterocycles. The Morgan fingerprint density at radius 3 is 2.67 bits per heavy atom. The van der Waals surface area contributed by atoms with Crippen molar-refractivity contribution in [2.45, 2.75) is 56.1 Å². The standard InChI is InChI=1S/C32H32FN7O2/c33-27-28(24-13-23(41)12-19-4-1-5-20(14-34)26(19)24)35-15-25-29(27)37-31(42-18-32-8-2-10-40(32)11-3-9-32)38-30(25)39-16-21-6-7-22(17-39)36-21/h1,4-5,12-13,15,21-22,36,41H,2-3,6-11,16-18H2. The van der Waals surface area contributed by atoms with Crippen molar-refractivity contribution in [2.24, 2.45) is 0 Å². The molecular formula is C32H32FN7O2. The summed E-state index contributed by atoms with van der Waals surface area (Å²) in [5.74, 6) is -0.0215. The van der Waals surface area contributed by atoms with E-state index in [4.69, 9.17) is 9.72 Å². The topological polar surface area (TPSA) is 110 Å². The highest BCUT2D eigenvalue weighted by atomic mass is 19.1. The first kappa shape index (κ1) is 25.6. The molecule has 4 fully saturated rings. The highest BCUT2D eigenvalue weighted by Gasteiger charge is 2.45. The number of fused-ring (bicyclic) bond motifs is 5. The number of hydrogen-bond acceptors (Lipinski definition) is 9. The van der Waals surface area contributed by atoms with Crippen molar-refractivity contribution in [3.05, 3.63) is 47.9 Å². The second-order valence-corrected chi connectivity index (χ2v) is 12.3. The Morgan fingerprint density at radius 2 is 1.90 bits per heavy atom. The van der Waals surface area contributed by atoms with Crippen LogP contribution >= 0.6 is 0 Å². The zero-order chi connectivity index (χ0) is 28.4. The number of ether oxygens (including phenoxy) is 1. The number of phenolic OH excluding ortho intramolecular Hbond substituents is 1. The maximum Gasteiger partial charge on any atom is 0.319 e. The van der Waals surface area contributed by atoms with Gasteiger partial charge in [0, 0.05) is 42.3 Å². The molecule has 2 aromatic carbocycles. The van der Waals surface area contributed by atoms with Gasteiger partial charge < -0.3 is 20.1 Å². The smallest absolute Gasteiger partial charge is 0.319 e. The molecule has 8 rings (SSSR count). The molecule has 4 aromatic rings. The Bertz CT molecular complexity index is 1750. The van der Waals surface area contributed by atoms with Crippen molar-refractivity contribution in [3.8, 4) is 29.1 Å². The summed E-state index contributed by atoms with van der Waals surface area (Å²) in [6.07, 6.45) is 8.32. The summed E-state index contributed by atoms with van der Waals surface area (Å²) in [6.45, 7) is 4.19. The molecule has 2 N–H and O–H groups in total. The summed E-state index contributed by atoms with van der Waals surface area (Å²) in [5, 5.41) is 25.7. The number of aromatic hydroxyl groups is 1. The second kappa shape index (κ2) is 9.75. The average molecular weight is 566 g/mol. The van der Waals surface area contributed by atoms with Gasteiger partial charge in [0.2, 0.25) is 0 Å². The summed E-state index contributed by atoms with van der Waals surface area (Å²) in [5.41, 5.74) is 0.880. The van der Waals surface area contributed by atoms with Crippen molar-refractivity contribution >= 4 is 27.5 Å². The maximum absolute atomic E-state index is 16.7. The fraction of sp³-hybridized carbons (Fsp3) is 0.438. The number of rotatable bonds is 5. The van der Waals surface area contributed by atoms with Crippen LogP contribution in [0.3, 0.4) is 0 Å². The first-order valence-electron chi connectivity index (χ1n) is 14.9. The summed E-state index contributed by atoms with van der Waals surface area (Å²) >= 11 is 0. The number of nitrogens with one attached hydrogen (secondary N) is 1. The van der Waals surface area contributed by atoms with Crippen LogP contribution in [0.15, 0.2) is 36.5 Å². The van der Waals surface area contributed by atoms with E-state index < -0.39 is 5.82 Å². The Labute approximate surface area is 242 Å². The van der Waals surface area contributed by atoms with Gasteiger partial charge in [-0.15, -0.1) is 0 Å². The lowest BCUT2D eigenvalue weighted by molar-refractivity contribution is 0.108. The van der Waals surface area contributed by atoms with E-state index in [0.29, 0.717) is 51.8 Å². The van der Waals surface area contributed by atoms with Crippen molar-refractivity contribution < 1.29 is 14.2 Å². The molecule has 4 saturated heterocycles. The third-order valence-corrected chi connectivity index (χ3v) is 9.78. The van der Waals surface area contributed by atoms with Crippen LogP contribution < -0.4 is 15.0 Å². The van der Waals surface area contributed by atoms with Crippen molar-refractivity contribution in [2.75, 3.05) is 37.7 Å². The SMILES string of the molecule is N#Cc1cccc2cc(O)cc(-c3ncc4c(N5CC6CCC(C5)N6)nc(OCC56CCCN5CCC6)nc4c3F)c12. The molecule has 2 unspecified atom stereocenters. The minimum absolute atomic E-state index is 0.00274. The van der Waals surface area contributed by atoms with E-state index in [-0.39, 0.29) is 28.5 Å². The second-order valence-electron chi connectivity index (χ2n) is 12.3. The van der Waals surface area contributed by atoms with Gasteiger partial charge in [0.05, 0.1) is 22.6 Å². The van der Waals surface area contributed by atoms with Crippen LogP contribution in [0.4, 0.5) is 10.2 Å². The van der Waals surface area contributed by atoms with Crippen LogP contribution in [0.2, 0.25) is 0 Å². The molecule has 42 heavy (non-hydrogen) atoms. The van der Waals surface area contributed by atoms with E-state index >= 15 is 4.39 Å². The molecule has 10 heteroatoms. The molecule has 2 bridgehead atoms. The van der Waals surface area contributed by atoms with E-state index in [0.717, 1.165) is 64.7 Å². The van der Waals surface area contributed by atoms with Crippen LogP contribution in [0.1, 0.15) is 44.1 Å². The minimum Gasteiger partial charge on any atom is -0.508 e. The molecule has 2 aromatic heterocycles. The molecule has 214 valence electrons. The maximum atomic E-state index is 16.7. The molecule has 2 atom stereocenters. The molecule has 0 aliphatic carbocycles. The van der Waals surface area contributed by atoms with E-state index in [1.54, 1.807) is 30.5 Å². The number of nitriles is 1. The highest BCUT2D eigenvalue weighted by Crippen LogP contribution is 2.41. The number of aromatic nitrogens is 3. The van der Waals surface area contributed by atoms with Gasteiger partial charge in [-0.3, -0.25) is 9.88 Å². The molecular weight excluding hydrogens is 533 g/mol. The molecule has 4 aliphatic rings. The Morgan fingerprint density at radius 1 is 1.12 bits per heavy atom. The molecule has 6 heterocycles. The van der Waals surface area contributed by atoms with E-state index in [1.807, 2.05) is 0 Å². The Kier molecular flexibility index (Phi) is 5.95. The predicted molar refractivity (Wildman–Crippen MR) is 157 cm³/mol. The minimum atomic E-state index is -0.625. The number of phenols is 1. The normalized spacial score (nSPS) is 23.0. The predicted octanol–water partition coefficient (Wildman–Crippen LogP) is 4.51. The van der Waals surface area contributed by atoms with Crippen LogP contribution in [0, 0.1) is 17.1 Å². The number of piperazine rings is 1. The number of anilines is 1. The van der Waals surface area contributed by atoms with Gasteiger partial charge in [-0.05, 0) is 75.2 Å². The summed E-state index contributed by atoms with van der Waals surface area (Å²) in [4.78, 5) is 18.8. The Hall–Kier alpha value is -4.07. The van der Waals surface area contributed by atoms with Crippen molar-refractivity contribution in [1.82, 2.24) is 25.2 Å². The molecule has 0 saturated carbocycles. The lowest BCUT2D eigenvalue weighted by Crippen LogP contribution is -2.51. The molecule has 0 spiro atoms. The van der Waals surface area contributed by atoms with Gasteiger partial charge in [-0.2, -0.15) is 15.2 Å². The summed E-state index contributed by atoms with van der Waals surface area (Å²) in [6, 6.07) is 11.3.